The van der Waals surface area contributed by atoms with Gasteiger partial charge in [-0.15, -0.1) is 0 Å². The minimum atomic E-state index is -0.607. The average molecular weight is 400 g/mol. The van der Waals surface area contributed by atoms with Crippen LogP contribution in [0.2, 0.25) is 0 Å². The van der Waals surface area contributed by atoms with Gasteiger partial charge in [-0.2, -0.15) is 0 Å². The monoisotopic (exact) mass is 400 g/mol. The summed E-state index contributed by atoms with van der Waals surface area (Å²) in [5, 5.41) is 10.3. The number of aliphatic hydroxyl groups is 1. The van der Waals surface area contributed by atoms with Crippen molar-refractivity contribution >= 4 is 5.91 Å². The summed E-state index contributed by atoms with van der Waals surface area (Å²) < 4.78 is 19.5. The lowest BCUT2D eigenvalue weighted by Gasteiger charge is -2.35. The van der Waals surface area contributed by atoms with Gasteiger partial charge in [-0.05, 0) is 61.7 Å². The van der Waals surface area contributed by atoms with E-state index in [0.717, 1.165) is 16.9 Å². The zero-order chi connectivity index (χ0) is 21.0. The molecule has 0 bridgehead atoms. The molecule has 1 fully saturated rings. The number of halogens is 1. The van der Waals surface area contributed by atoms with Crippen LogP contribution in [0, 0.1) is 26.6 Å². The number of hydrogen-bond acceptors (Lipinski definition) is 4. The molecule has 1 amide bonds. The van der Waals surface area contributed by atoms with Gasteiger partial charge in [0, 0.05) is 38.3 Å². The Morgan fingerprint density at radius 3 is 2.34 bits per heavy atom. The standard InChI is InChI=1S/C23H29FN2O3/c1-16-10-17(2)12-21(11-16)29-15-20(27)14-25-6-8-26(9-7-25)23(28)19-5-4-18(3)22(24)13-19/h4-5,10-13,20,27H,6-9,14-15H2,1-3H3. The summed E-state index contributed by atoms with van der Waals surface area (Å²) in [4.78, 5) is 16.4. The van der Waals surface area contributed by atoms with Gasteiger partial charge < -0.3 is 14.7 Å². The summed E-state index contributed by atoms with van der Waals surface area (Å²) in [6.45, 7) is 8.87. The number of aliphatic hydroxyl groups excluding tert-OH is 1. The van der Waals surface area contributed by atoms with Crippen molar-refractivity contribution in [2.45, 2.75) is 26.9 Å². The number of rotatable bonds is 6. The van der Waals surface area contributed by atoms with E-state index in [9.17, 15) is 14.3 Å². The molecule has 29 heavy (non-hydrogen) atoms. The SMILES string of the molecule is Cc1cc(C)cc(OCC(O)CN2CCN(C(=O)c3ccc(C)c(F)c3)CC2)c1. The number of piperazine rings is 1. The molecule has 2 aromatic rings. The maximum absolute atomic E-state index is 13.7. The van der Waals surface area contributed by atoms with Crippen molar-refractivity contribution < 1.29 is 19.0 Å². The fourth-order valence-corrected chi connectivity index (χ4v) is 3.60. The van der Waals surface area contributed by atoms with Gasteiger partial charge in [-0.25, -0.2) is 4.39 Å². The zero-order valence-electron chi connectivity index (χ0n) is 17.3. The molecule has 2 aromatic carbocycles. The van der Waals surface area contributed by atoms with Gasteiger partial charge in [0.2, 0.25) is 0 Å². The number of hydrogen-bond donors (Lipinski definition) is 1. The van der Waals surface area contributed by atoms with Crippen LogP contribution in [0.5, 0.6) is 5.75 Å². The Morgan fingerprint density at radius 1 is 1.07 bits per heavy atom. The highest BCUT2D eigenvalue weighted by Crippen LogP contribution is 2.17. The number of carbonyl (C=O) groups excluding carboxylic acids is 1. The molecule has 156 valence electrons. The number of ether oxygens (including phenoxy) is 1. The Kier molecular flexibility index (Phi) is 6.87. The molecule has 1 saturated heterocycles. The van der Waals surface area contributed by atoms with Crippen LogP contribution in [0.3, 0.4) is 0 Å². The second-order valence-electron chi connectivity index (χ2n) is 7.85. The van der Waals surface area contributed by atoms with Gasteiger partial charge in [0.1, 0.15) is 24.3 Å². The average Bonchev–Trinajstić information content (AvgIpc) is 2.68. The lowest BCUT2D eigenvalue weighted by Crippen LogP contribution is -2.51. The maximum atomic E-state index is 13.7. The van der Waals surface area contributed by atoms with Crippen LogP contribution in [-0.2, 0) is 0 Å². The molecule has 0 aliphatic carbocycles. The molecule has 5 nitrogen and oxygen atoms in total. The zero-order valence-corrected chi connectivity index (χ0v) is 17.3. The van der Waals surface area contributed by atoms with Crippen LogP contribution < -0.4 is 4.74 Å². The summed E-state index contributed by atoms with van der Waals surface area (Å²) in [6, 6.07) is 10.6. The Labute approximate surface area is 171 Å². The first-order chi connectivity index (χ1) is 13.8. The van der Waals surface area contributed by atoms with E-state index in [-0.39, 0.29) is 18.3 Å². The van der Waals surface area contributed by atoms with E-state index in [1.807, 2.05) is 26.0 Å². The first-order valence-corrected chi connectivity index (χ1v) is 9.99. The summed E-state index contributed by atoms with van der Waals surface area (Å²) >= 11 is 0. The van der Waals surface area contributed by atoms with Crippen molar-refractivity contribution in [2.75, 3.05) is 39.3 Å². The van der Waals surface area contributed by atoms with Crippen molar-refractivity contribution in [1.82, 2.24) is 9.80 Å². The molecule has 6 heteroatoms. The van der Waals surface area contributed by atoms with E-state index in [4.69, 9.17) is 4.74 Å². The summed E-state index contributed by atoms with van der Waals surface area (Å²) in [5.74, 6) is 0.256. The number of β-amino-alcohol motifs (C(OH)–C–C–N with tert-alkyl or cyclic N) is 1. The highest BCUT2D eigenvalue weighted by Gasteiger charge is 2.24. The van der Waals surface area contributed by atoms with E-state index in [1.54, 1.807) is 24.0 Å². The first-order valence-electron chi connectivity index (χ1n) is 9.99. The second-order valence-corrected chi connectivity index (χ2v) is 7.85. The summed E-state index contributed by atoms with van der Waals surface area (Å²) in [5.41, 5.74) is 3.17. The van der Waals surface area contributed by atoms with Crippen molar-refractivity contribution in [2.24, 2.45) is 0 Å². The van der Waals surface area contributed by atoms with Crippen LogP contribution in [0.15, 0.2) is 36.4 Å². The van der Waals surface area contributed by atoms with Crippen LogP contribution in [0.4, 0.5) is 4.39 Å². The smallest absolute Gasteiger partial charge is 0.254 e. The van der Waals surface area contributed by atoms with Crippen molar-refractivity contribution in [3.05, 3.63) is 64.5 Å². The van der Waals surface area contributed by atoms with Gasteiger partial charge in [0.25, 0.3) is 5.91 Å². The van der Waals surface area contributed by atoms with E-state index < -0.39 is 6.10 Å². The third-order valence-electron chi connectivity index (χ3n) is 5.18. The van der Waals surface area contributed by atoms with E-state index in [2.05, 4.69) is 11.0 Å². The van der Waals surface area contributed by atoms with Gasteiger partial charge >= 0.3 is 0 Å². The fraction of sp³-hybridized carbons (Fsp3) is 0.435. The molecule has 1 heterocycles. The van der Waals surface area contributed by atoms with Gasteiger partial charge in [-0.3, -0.25) is 9.69 Å². The predicted octanol–water partition coefficient (Wildman–Crippen LogP) is 2.95. The Morgan fingerprint density at radius 2 is 1.72 bits per heavy atom. The topological polar surface area (TPSA) is 53.0 Å². The molecule has 1 aliphatic heterocycles. The van der Waals surface area contributed by atoms with Gasteiger partial charge in [-0.1, -0.05) is 12.1 Å². The fourth-order valence-electron chi connectivity index (χ4n) is 3.60. The Bertz CT molecular complexity index is 843. The predicted molar refractivity (Wildman–Crippen MR) is 111 cm³/mol. The lowest BCUT2D eigenvalue weighted by molar-refractivity contribution is 0.0403. The Hall–Kier alpha value is -2.44. The molecular formula is C23H29FN2O3. The molecule has 0 saturated carbocycles. The highest BCUT2D eigenvalue weighted by atomic mass is 19.1. The molecule has 0 spiro atoms. The van der Waals surface area contributed by atoms with Crippen LogP contribution in [0.1, 0.15) is 27.0 Å². The van der Waals surface area contributed by atoms with Crippen LogP contribution >= 0.6 is 0 Å². The third kappa shape index (κ3) is 5.78. The number of aryl methyl sites for hydroxylation is 3. The third-order valence-corrected chi connectivity index (χ3v) is 5.18. The molecule has 0 radical (unpaired) electrons. The van der Waals surface area contributed by atoms with Crippen molar-refractivity contribution in [1.29, 1.82) is 0 Å². The largest absolute Gasteiger partial charge is 0.491 e. The molecule has 1 N–H and O–H groups in total. The number of amides is 1. The molecule has 1 atom stereocenters. The highest BCUT2D eigenvalue weighted by molar-refractivity contribution is 5.94. The lowest BCUT2D eigenvalue weighted by atomic mass is 10.1. The quantitative estimate of drug-likeness (QED) is 0.810. The van der Waals surface area contributed by atoms with E-state index in [0.29, 0.717) is 43.9 Å². The normalized spacial score (nSPS) is 16.0. The van der Waals surface area contributed by atoms with Gasteiger partial charge in [0.05, 0.1) is 0 Å². The first kappa shape index (κ1) is 21.3. The molecule has 0 aromatic heterocycles. The number of benzene rings is 2. The van der Waals surface area contributed by atoms with E-state index in [1.165, 1.54) is 6.07 Å². The minimum absolute atomic E-state index is 0.151. The molecule has 1 aliphatic rings. The van der Waals surface area contributed by atoms with Crippen LogP contribution in [-0.4, -0.2) is 66.2 Å². The summed E-state index contributed by atoms with van der Waals surface area (Å²) in [7, 11) is 0. The second kappa shape index (κ2) is 9.37. The van der Waals surface area contributed by atoms with E-state index >= 15 is 0 Å². The molecule has 3 rings (SSSR count). The van der Waals surface area contributed by atoms with Crippen LogP contribution in [0.25, 0.3) is 0 Å². The summed E-state index contributed by atoms with van der Waals surface area (Å²) in [6.07, 6.45) is -0.607. The maximum Gasteiger partial charge on any atom is 0.254 e. The minimum Gasteiger partial charge on any atom is -0.491 e. The van der Waals surface area contributed by atoms with Gasteiger partial charge in [0.15, 0.2) is 0 Å². The number of nitrogens with zero attached hydrogens (tertiary/aromatic N) is 2. The van der Waals surface area contributed by atoms with Crippen molar-refractivity contribution in [3.8, 4) is 5.75 Å². The number of carbonyl (C=O) groups is 1. The Balaban J connectivity index is 1.45. The molecule has 1 unspecified atom stereocenters. The molecular weight excluding hydrogens is 371 g/mol. The van der Waals surface area contributed by atoms with Crippen molar-refractivity contribution in [3.63, 3.8) is 0 Å².